The lowest BCUT2D eigenvalue weighted by atomic mass is 9.66. The highest BCUT2D eigenvalue weighted by Gasteiger charge is 2.75. The maximum absolute atomic E-state index is 13.1. The summed E-state index contributed by atoms with van der Waals surface area (Å²) in [4.78, 5) is 29.8. The van der Waals surface area contributed by atoms with Gasteiger partial charge in [0.25, 0.3) is 5.91 Å². The highest BCUT2D eigenvalue weighted by molar-refractivity contribution is 6.07. The van der Waals surface area contributed by atoms with E-state index in [0.29, 0.717) is 18.5 Å². The maximum atomic E-state index is 13.1. The quantitative estimate of drug-likeness (QED) is 0.861. The number of benzene rings is 1. The number of nitrogens with one attached hydrogen (secondary N) is 1. The molecule has 2 fully saturated rings. The summed E-state index contributed by atoms with van der Waals surface area (Å²) < 4.78 is 5.65. The Bertz CT molecular complexity index is 871. The van der Waals surface area contributed by atoms with Gasteiger partial charge in [0.15, 0.2) is 5.60 Å². The number of pyridine rings is 1. The Kier molecular flexibility index (Phi) is 2.87. The molecule has 2 aliphatic rings. The second-order valence-electron chi connectivity index (χ2n) is 7.50. The van der Waals surface area contributed by atoms with Gasteiger partial charge in [-0.15, -0.1) is 0 Å². The summed E-state index contributed by atoms with van der Waals surface area (Å²) in [6.45, 7) is 5.81. The molecule has 0 unspecified atom stereocenters. The zero-order valence-corrected chi connectivity index (χ0v) is 14.1. The van der Waals surface area contributed by atoms with Crippen molar-refractivity contribution in [1.29, 1.82) is 0 Å². The van der Waals surface area contributed by atoms with Crippen LogP contribution in [0.4, 0.5) is 5.69 Å². The van der Waals surface area contributed by atoms with E-state index in [0.717, 1.165) is 10.9 Å². The normalized spacial score (nSPS) is 30.4. The zero-order valence-electron chi connectivity index (χ0n) is 14.1. The number of anilines is 1. The molecule has 0 radical (unpaired) electrons. The molecule has 4 rings (SSSR count). The number of ether oxygens (including phenoxy) is 1. The molecular formula is C19H20N2O3. The predicted octanol–water partition coefficient (Wildman–Crippen LogP) is 3.30. The first-order valence-electron chi connectivity index (χ1n) is 8.20. The summed E-state index contributed by atoms with van der Waals surface area (Å²) in [6, 6.07) is 9.35. The van der Waals surface area contributed by atoms with Crippen LogP contribution in [0, 0.1) is 10.8 Å². The molecule has 1 saturated heterocycles. The van der Waals surface area contributed by atoms with Crippen LogP contribution in [0.1, 0.15) is 33.6 Å². The number of fused-ring (bicyclic) bond motifs is 3. The van der Waals surface area contributed by atoms with E-state index in [1.54, 1.807) is 6.20 Å². The minimum Gasteiger partial charge on any atom is -0.448 e. The van der Waals surface area contributed by atoms with Crippen LogP contribution in [0.3, 0.4) is 0 Å². The van der Waals surface area contributed by atoms with Crippen molar-refractivity contribution in [1.82, 2.24) is 4.98 Å². The molecule has 1 aliphatic heterocycles. The number of aromatic nitrogens is 1. The molecule has 1 amide bonds. The molecule has 2 atom stereocenters. The number of rotatable bonds is 2. The molecule has 5 heteroatoms. The summed E-state index contributed by atoms with van der Waals surface area (Å²) >= 11 is 0. The number of hydrogen-bond acceptors (Lipinski definition) is 4. The van der Waals surface area contributed by atoms with Crippen molar-refractivity contribution in [3.63, 3.8) is 0 Å². The Hall–Kier alpha value is -2.43. The molecule has 2 heterocycles. The first kappa shape index (κ1) is 15.1. The van der Waals surface area contributed by atoms with E-state index in [9.17, 15) is 9.59 Å². The number of hydrogen-bond donors (Lipinski definition) is 1. The van der Waals surface area contributed by atoms with E-state index >= 15 is 0 Å². The number of carbonyl (C=O) groups excluding carboxylic acids is 2. The van der Waals surface area contributed by atoms with Gasteiger partial charge in [0.1, 0.15) is 0 Å². The van der Waals surface area contributed by atoms with Gasteiger partial charge in [-0.1, -0.05) is 19.9 Å². The van der Waals surface area contributed by atoms with Gasteiger partial charge in [0, 0.05) is 17.0 Å². The smallest absolute Gasteiger partial charge is 0.313 e. The molecule has 24 heavy (non-hydrogen) atoms. The van der Waals surface area contributed by atoms with Crippen molar-refractivity contribution in [3.8, 4) is 0 Å². The highest BCUT2D eigenvalue weighted by Crippen LogP contribution is 2.65. The van der Waals surface area contributed by atoms with Crippen LogP contribution in [-0.4, -0.2) is 22.5 Å². The Labute approximate surface area is 140 Å². The Morgan fingerprint density at radius 2 is 1.96 bits per heavy atom. The molecule has 0 spiro atoms. The molecule has 1 aromatic heterocycles. The van der Waals surface area contributed by atoms with Crippen LogP contribution in [0.25, 0.3) is 10.9 Å². The van der Waals surface area contributed by atoms with Crippen LogP contribution < -0.4 is 5.32 Å². The Balaban J connectivity index is 1.74. The SMILES string of the molecule is CC1(C)[C@@]2(C)CC[C@]1(C(=O)Nc1cccc3ncccc13)OC2=O. The first-order valence-corrected chi connectivity index (χ1v) is 8.20. The maximum Gasteiger partial charge on any atom is 0.313 e. The van der Waals surface area contributed by atoms with Gasteiger partial charge in [-0.05, 0) is 44.0 Å². The Morgan fingerprint density at radius 3 is 2.62 bits per heavy atom. The first-order chi connectivity index (χ1) is 11.3. The van der Waals surface area contributed by atoms with Gasteiger partial charge in [-0.3, -0.25) is 14.6 Å². The monoisotopic (exact) mass is 324 g/mol. The fourth-order valence-corrected chi connectivity index (χ4v) is 4.18. The fourth-order valence-electron chi connectivity index (χ4n) is 4.18. The van der Waals surface area contributed by atoms with E-state index < -0.39 is 16.4 Å². The van der Waals surface area contributed by atoms with Crippen LogP contribution in [0.2, 0.25) is 0 Å². The lowest BCUT2D eigenvalue weighted by Crippen LogP contribution is -2.50. The second-order valence-corrected chi connectivity index (χ2v) is 7.50. The van der Waals surface area contributed by atoms with Crippen molar-refractivity contribution < 1.29 is 14.3 Å². The lowest BCUT2D eigenvalue weighted by Gasteiger charge is -2.35. The molecule has 124 valence electrons. The minimum atomic E-state index is -1.11. The van der Waals surface area contributed by atoms with E-state index in [1.165, 1.54) is 0 Å². The van der Waals surface area contributed by atoms with E-state index in [1.807, 2.05) is 51.1 Å². The van der Waals surface area contributed by atoms with Crippen LogP contribution in [-0.2, 0) is 14.3 Å². The van der Waals surface area contributed by atoms with Gasteiger partial charge in [0.2, 0.25) is 0 Å². The third kappa shape index (κ3) is 1.62. The molecule has 1 saturated carbocycles. The fraction of sp³-hybridized carbons (Fsp3) is 0.421. The van der Waals surface area contributed by atoms with Crippen LogP contribution >= 0.6 is 0 Å². The molecule has 2 bridgehead atoms. The van der Waals surface area contributed by atoms with Crippen LogP contribution in [0.5, 0.6) is 0 Å². The molecular weight excluding hydrogens is 304 g/mol. The second kappa shape index (κ2) is 4.56. The van der Waals surface area contributed by atoms with Crippen molar-refractivity contribution in [2.24, 2.45) is 10.8 Å². The third-order valence-electron chi connectivity index (χ3n) is 6.34. The van der Waals surface area contributed by atoms with E-state index in [4.69, 9.17) is 4.74 Å². The number of nitrogens with zero attached hydrogens (tertiary/aromatic N) is 1. The summed E-state index contributed by atoms with van der Waals surface area (Å²) in [5, 5.41) is 3.85. The van der Waals surface area contributed by atoms with E-state index in [-0.39, 0.29) is 11.9 Å². The van der Waals surface area contributed by atoms with Crippen molar-refractivity contribution >= 4 is 28.5 Å². The van der Waals surface area contributed by atoms with Gasteiger partial charge in [-0.25, -0.2) is 0 Å². The number of esters is 1. The molecule has 1 aliphatic carbocycles. The van der Waals surface area contributed by atoms with Crippen molar-refractivity contribution in [3.05, 3.63) is 36.5 Å². The van der Waals surface area contributed by atoms with Gasteiger partial charge in [0.05, 0.1) is 16.6 Å². The Morgan fingerprint density at radius 1 is 1.17 bits per heavy atom. The topological polar surface area (TPSA) is 68.3 Å². The van der Waals surface area contributed by atoms with Gasteiger partial charge >= 0.3 is 5.97 Å². The van der Waals surface area contributed by atoms with E-state index in [2.05, 4.69) is 10.3 Å². The number of carbonyl (C=O) groups is 2. The predicted molar refractivity (Wildman–Crippen MR) is 90.3 cm³/mol. The highest BCUT2D eigenvalue weighted by atomic mass is 16.6. The summed E-state index contributed by atoms with van der Waals surface area (Å²) in [5.74, 6) is -0.521. The van der Waals surface area contributed by atoms with Crippen molar-refractivity contribution in [2.75, 3.05) is 5.32 Å². The largest absolute Gasteiger partial charge is 0.448 e. The minimum absolute atomic E-state index is 0.251. The van der Waals surface area contributed by atoms with Gasteiger partial charge in [-0.2, -0.15) is 0 Å². The molecule has 1 aromatic carbocycles. The third-order valence-corrected chi connectivity index (χ3v) is 6.34. The average Bonchev–Trinajstić information content (AvgIpc) is 2.85. The summed E-state index contributed by atoms with van der Waals surface area (Å²) in [6.07, 6.45) is 2.94. The van der Waals surface area contributed by atoms with Gasteiger partial charge < -0.3 is 10.1 Å². The number of amides is 1. The summed E-state index contributed by atoms with van der Waals surface area (Å²) in [7, 11) is 0. The zero-order chi connectivity index (χ0) is 17.2. The average molecular weight is 324 g/mol. The molecule has 1 N–H and O–H groups in total. The molecule has 5 nitrogen and oxygen atoms in total. The summed E-state index contributed by atoms with van der Waals surface area (Å²) in [5.41, 5.74) is -0.767. The molecule has 2 aromatic rings. The van der Waals surface area contributed by atoms with Crippen molar-refractivity contribution in [2.45, 2.75) is 39.2 Å². The standard InChI is InChI=1S/C19H20N2O3/c1-17(2)18(3)9-10-19(17,24-16(18)23)15(22)21-14-8-4-7-13-12(14)6-5-11-20-13/h4-8,11H,9-10H2,1-3H3,(H,21,22)/t18-,19+/m0/s1. The van der Waals surface area contributed by atoms with Crippen LogP contribution in [0.15, 0.2) is 36.5 Å². The lowest BCUT2D eigenvalue weighted by molar-refractivity contribution is -0.165.